The van der Waals surface area contributed by atoms with Crippen LogP contribution in [0.25, 0.3) is 0 Å². The summed E-state index contributed by atoms with van der Waals surface area (Å²) in [7, 11) is 0. The molecule has 0 spiro atoms. The van der Waals surface area contributed by atoms with Crippen molar-refractivity contribution in [3.05, 3.63) is 51.0 Å². The van der Waals surface area contributed by atoms with Gasteiger partial charge in [-0.15, -0.1) is 0 Å². The molecule has 0 saturated carbocycles. The first-order valence-electron chi connectivity index (χ1n) is 6.28. The average Bonchev–Trinajstić information content (AvgIpc) is 2.86. The minimum absolute atomic E-state index is 0.0950. The number of carbonyl (C=O) groups excluding carboxylic acids is 1. The van der Waals surface area contributed by atoms with Crippen molar-refractivity contribution in [2.24, 2.45) is 0 Å². The Morgan fingerprint density at radius 2 is 2.33 bits per heavy atom. The van der Waals surface area contributed by atoms with Crippen LogP contribution in [0.2, 0.25) is 0 Å². The Kier molecular flexibility index (Phi) is 4.69. The summed E-state index contributed by atoms with van der Waals surface area (Å²) in [6.45, 7) is 2.47. The van der Waals surface area contributed by atoms with Gasteiger partial charge in [0.05, 0.1) is 21.3 Å². The molecule has 2 aromatic rings. The average molecular weight is 353 g/mol. The second-order valence-corrected chi connectivity index (χ2v) is 5.20. The zero-order chi connectivity index (χ0) is 15.4. The van der Waals surface area contributed by atoms with Crippen molar-refractivity contribution in [3.63, 3.8) is 0 Å². The molecule has 0 radical (unpaired) electrons. The Hall–Kier alpha value is -2.22. The summed E-state index contributed by atoms with van der Waals surface area (Å²) in [4.78, 5) is 26.6. The van der Waals surface area contributed by atoms with Gasteiger partial charge in [-0.2, -0.15) is 0 Å². The van der Waals surface area contributed by atoms with Crippen molar-refractivity contribution in [3.8, 4) is 0 Å². The number of nitro groups is 1. The van der Waals surface area contributed by atoms with Crippen LogP contribution >= 0.6 is 15.9 Å². The van der Waals surface area contributed by atoms with Crippen molar-refractivity contribution < 1.29 is 9.72 Å². The number of anilines is 1. The Bertz CT molecular complexity index is 684. The third-order valence-electron chi connectivity index (χ3n) is 2.81. The van der Waals surface area contributed by atoms with E-state index in [0.29, 0.717) is 16.7 Å². The lowest BCUT2D eigenvalue weighted by Gasteiger charge is -2.09. The third-order valence-corrected chi connectivity index (χ3v) is 3.44. The molecule has 0 aliphatic rings. The zero-order valence-electron chi connectivity index (χ0n) is 11.2. The number of aromatic nitrogens is 2. The van der Waals surface area contributed by atoms with Gasteiger partial charge in [-0.25, -0.2) is 0 Å². The van der Waals surface area contributed by atoms with Crippen LogP contribution in [0.15, 0.2) is 35.2 Å². The number of carbonyl (C=O) groups is 1. The molecular formula is C13H13BrN4O3. The number of hydrogen-bond acceptors (Lipinski definition) is 4. The highest BCUT2D eigenvalue weighted by molar-refractivity contribution is 9.10. The fraction of sp³-hybridized carbons (Fsp3) is 0.231. The maximum atomic E-state index is 12.3. The summed E-state index contributed by atoms with van der Waals surface area (Å²) in [5.74, 6) is -0.400. The minimum Gasteiger partial charge on any atom is -0.337 e. The van der Waals surface area contributed by atoms with Gasteiger partial charge in [-0.05, 0) is 28.4 Å². The SMILES string of the molecule is CCCn1cc([N+](=O)[O-])cc1C(=O)Nc1ccncc1Br. The fourth-order valence-corrected chi connectivity index (χ4v) is 2.22. The van der Waals surface area contributed by atoms with Crippen molar-refractivity contribution in [2.75, 3.05) is 5.32 Å². The highest BCUT2D eigenvalue weighted by Gasteiger charge is 2.19. The number of halogens is 1. The van der Waals surface area contributed by atoms with Gasteiger partial charge in [0.2, 0.25) is 0 Å². The molecule has 0 unspecified atom stereocenters. The van der Waals surface area contributed by atoms with Crippen LogP contribution in [0.3, 0.4) is 0 Å². The monoisotopic (exact) mass is 352 g/mol. The van der Waals surface area contributed by atoms with Gasteiger partial charge in [-0.3, -0.25) is 19.9 Å². The predicted molar refractivity (Wildman–Crippen MR) is 81.3 cm³/mol. The first-order valence-corrected chi connectivity index (χ1v) is 7.07. The van der Waals surface area contributed by atoms with E-state index in [1.165, 1.54) is 12.3 Å². The second-order valence-electron chi connectivity index (χ2n) is 4.34. The van der Waals surface area contributed by atoms with Crippen molar-refractivity contribution in [1.82, 2.24) is 9.55 Å². The summed E-state index contributed by atoms with van der Waals surface area (Å²) in [6.07, 6.45) is 5.25. The van der Waals surface area contributed by atoms with Crippen LogP contribution in [0.1, 0.15) is 23.8 Å². The van der Waals surface area contributed by atoms with E-state index in [2.05, 4.69) is 26.2 Å². The molecule has 0 fully saturated rings. The van der Waals surface area contributed by atoms with Crippen molar-refractivity contribution >= 4 is 33.2 Å². The molecule has 110 valence electrons. The lowest BCUT2D eigenvalue weighted by molar-refractivity contribution is -0.384. The Labute approximate surface area is 129 Å². The van der Waals surface area contributed by atoms with E-state index >= 15 is 0 Å². The third kappa shape index (κ3) is 3.46. The minimum atomic E-state index is -0.509. The Morgan fingerprint density at radius 3 is 2.95 bits per heavy atom. The molecule has 2 aromatic heterocycles. The maximum absolute atomic E-state index is 12.3. The first kappa shape index (κ1) is 15.2. The van der Waals surface area contributed by atoms with Crippen molar-refractivity contribution in [1.29, 1.82) is 0 Å². The van der Waals surface area contributed by atoms with Gasteiger partial charge in [0.25, 0.3) is 11.6 Å². The fourth-order valence-electron chi connectivity index (χ4n) is 1.87. The van der Waals surface area contributed by atoms with Crippen LogP contribution in [-0.4, -0.2) is 20.4 Å². The molecule has 8 heteroatoms. The molecule has 1 N–H and O–H groups in total. The van der Waals surface area contributed by atoms with E-state index in [1.54, 1.807) is 23.0 Å². The predicted octanol–water partition coefficient (Wildman–Crippen LogP) is 3.22. The maximum Gasteiger partial charge on any atom is 0.287 e. The molecule has 0 atom stereocenters. The zero-order valence-corrected chi connectivity index (χ0v) is 12.8. The molecule has 0 bridgehead atoms. The van der Waals surface area contributed by atoms with Gasteiger partial charge in [-0.1, -0.05) is 6.92 Å². The lowest BCUT2D eigenvalue weighted by Crippen LogP contribution is -2.17. The largest absolute Gasteiger partial charge is 0.337 e. The number of hydrogen-bond donors (Lipinski definition) is 1. The van der Waals surface area contributed by atoms with Crippen LogP contribution in [0.4, 0.5) is 11.4 Å². The molecule has 7 nitrogen and oxygen atoms in total. The van der Waals surface area contributed by atoms with Crippen molar-refractivity contribution in [2.45, 2.75) is 19.9 Å². The van der Waals surface area contributed by atoms with Crippen LogP contribution in [0.5, 0.6) is 0 Å². The van der Waals surface area contributed by atoms with E-state index in [-0.39, 0.29) is 11.4 Å². The molecule has 0 aliphatic carbocycles. The van der Waals surface area contributed by atoms with E-state index in [1.807, 2.05) is 6.92 Å². The van der Waals surface area contributed by atoms with Gasteiger partial charge in [0.1, 0.15) is 5.69 Å². The second kappa shape index (κ2) is 6.49. The van der Waals surface area contributed by atoms with Gasteiger partial charge in [0, 0.05) is 25.0 Å². The van der Waals surface area contributed by atoms with E-state index in [0.717, 1.165) is 6.42 Å². The van der Waals surface area contributed by atoms with E-state index < -0.39 is 10.8 Å². The number of aryl methyl sites for hydroxylation is 1. The standard InChI is InChI=1S/C13H13BrN4O3/c1-2-5-17-8-9(18(20)21)6-12(17)13(19)16-11-3-4-15-7-10(11)14/h3-4,6-8H,2,5H2,1H3,(H,15,16,19). The molecule has 0 saturated heterocycles. The van der Waals surface area contributed by atoms with Crippen LogP contribution in [-0.2, 0) is 6.54 Å². The Morgan fingerprint density at radius 1 is 1.57 bits per heavy atom. The normalized spacial score (nSPS) is 10.4. The molecule has 0 aromatic carbocycles. The van der Waals surface area contributed by atoms with Gasteiger partial charge >= 0.3 is 0 Å². The van der Waals surface area contributed by atoms with E-state index in [9.17, 15) is 14.9 Å². The molecule has 1 amide bonds. The summed E-state index contributed by atoms with van der Waals surface area (Å²) < 4.78 is 2.23. The molecule has 21 heavy (non-hydrogen) atoms. The van der Waals surface area contributed by atoms with Gasteiger partial charge < -0.3 is 9.88 Å². The number of rotatable bonds is 5. The van der Waals surface area contributed by atoms with Gasteiger partial charge in [0.15, 0.2) is 0 Å². The number of nitrogens with zero attached hydrogens (tertiary/aromatic N) is 3. The summed E-state index contributed by atoms with van der Waals surface area (Å²) >= 11 is 3.28. The summed E-state index contributed by atoms with van der Waals surface area (Å²) in [5.41, 5.74) is 0.719. The summed E-state index contributed by atoms with van der Waals surface area (Å²) in [6, 6.07) is 2.92. The Balaban J connectivity index is 2.30. The summed E-state index contributed by atoms with van der Waals surface area (Å²) in [5, 5.41) is 13.6. The lowest BCUT2D eigenvalue weighted by atomic mass is 10.3. The molecule has 2 rings (SSSR count). The van der Waals surface area contributed by atoms with E-state index in [4.69, 9.17) is 0 Å². The topological polar surface area (TPSA) is 90.1 Å². The molecular weight excluding hydrogens is 340 g/mol. The quantitative estimate of drug-likeness (QED) is 0.660. The number of pyridine rings is 1. The molecule has 2 heterocycles. The first-order chi connectivity index (χ1) is 10.0. The van der Waals surface area contributed by atoms with Crippen LogP contribution in [0, 0.1) is 10.1 Å². The highest BCUT2D eigenvalue weighted by Crippen LogP contribution is 2.22. The smallest absolute Gasteiger partial charge is 0.287 e. The number of amides is 1. The highest BCUT2D eigenvalue weighted by atomic mass is 79.9. The number of nitrogens with one attached hydrogen (secondary N) is 1. The van der Waals surface area contributed by atoms with Crippen LogP contribution < -0.4 is 5.32 Å². The molecule has 0 aliphatic heterocycles.